The number of rotatable bonds is 28. The third-order valence-electron chi connectivity index (χ3n) is 28.1. The number of hydrogen-bond acceptors (Lipinski definition) is 18. The van der Waals surface area contributed by atoms with Gasteiger partial charge >= 0.3 is 6.09 Å². The minimum absolute atomic E-state index is 0.0463. The van der Waals surface area contributed by atoms with Gasteiger partial charge < -0.3 is 83.0 Å². The zero-order valence-electron chi connectivity index (χ0n) is 73.2. The molecule has 30 heteroatoms. The van der Waals surface area contributed by atoms with E-state index in [2.05, 4.69) is 93.9 Å². The number of carbonyl (C=O) groups excluding carboxylic acids is 11. The van der Waals surface area contributed by atoms with E-state index in [1.54, 1.807) is 108 Å². The Morgan fingerprint density at radius 2 is 1.36 bits per heavy atom. The fourth-order valence-electron chi connectivity index (χ4n) is 21.2. The summed E-state index contributed by atoms with van der Waals surface area (Å²) < 4.78 is 7.93. The number of aliphatic hydroxyl groups excluding tert-OH is 3. The van der Waals surface area contributed by atoms with Gasteiger partial charge in [-0.2, -0.15) is 0 Å². The molecule has 124 heavy (non-hydrogen) atoms. The predicted octanol–water partition coefficient (Wildman–Crippen LogP) is 6.91. The second kappa shape index (κ2) is 43.4. The number of unbranched alkanes of at least 4 members (excludes halogenated alkanes) is 1. The van der Waals surface area contributed by atoms with Crippen LogP contribution in [0.25, 0.3) is 0 Å². The van der Waals surface area contributed by atoms with Crippen LogP contribution in [0.1, 0.15) is 192 Å². The molecule has 3 aromatic rings. The number of amides is 11. The van der Waals surface area contributed by atoms with E-state index in [-0.39, 0.29) is 98.9 Å². The average molecular weight is 1750 g/mol. The van der Waals surface area contributed by atoms with Crippen LogP contribution in [0.15, 0.2) is 133 Å². The van der Waals surface area contributed by atoms with Crippen LogP contribution < -0.4 is 57.7 Å². The average Bonchev–Trinajstić information content (AvgIpc) is 1.42. The number of likely N-dealkylation sites (tertiary alicyclic amines) is 2. The van der Waals surface area contributed by atoms with Crippen molar-refractivity contribution in [1.29, 1.82) is 0 Å². The highest BCUT2D eigenvalue weighted by Crippen LogP contribution is 2.67. The fourth-order valence-corrected chi connectivity index (χ4v) is 23.5. The van der Waals surface area contributed by atoms with E-state index in [0.29, 0.717) is 77.7 Å². The molecule has 4 aliphatic heterocycles. The third-order valence-corrected chi connectivity index (χ3v) is 30.5. The van der Waals surface area contributed by atoms with Crippen molar-refractivity contribution in [3.63, 3.8) is 0 Å². The number of ether oxygens (including phenoxy) is 1. The lowest BCUT2D eigenvalue weighted by Crippen LogP contribution is -2.62. The van der Waals surface area contributed by atoms with Crippen molar-refractivity contribution >= 4 is 86.8 Å². The quantitative estimate of drug-likeness (QED) is 0.0152. The summed E-state index contributed by atoms with van der Waals surface area (Å²) in [6.07, 6.45) is 25.7. The van der Waals surface area contributed by atoms with Crippen LogP contribution in [-0.4, -0.2) is 213 Å². The molecule has 13 N–H and O–H groups in total. The number of pyridine rings is 1. The zero-order chi connectivity index (χ0) is 88.5. The highest BCUT2D eigenvalue weighted by Gasteiger charge is 2.60. The lowest BCUT2D eigenvalue weighted by molar-refractivity contribution is -0.671. The molecule has 22 atom stereocenters. The number of hydrogen-bond donors (Lipinski definition) is 13. The highest BCUT2D eigenvalue weighted by molar-refractivity contribution is 8.76. The minimum Gasteiger partial charge on any atom is -0.446 e. The van der Waals surface area contributed by atoms with E-state index < -0.39 is 138 Å². The van der Waals surface area contributed by atoms with Crippen molar-refractivity contribution in [2.45, 2.75) is 268 Å². The van der Waals surface area contributed by atoms with Gasteiger partial charge in [0.05, 0.1) is 30.9 Å². The summed E-state index contributed by atoms with van der Waals surface area (Å²) in [5, 5.41) is 61.0. The smallest absolute Gasteiger partial charge is 0.407 e. The molecule has 1 aromatic heterocycles. The van der Waals surface area contributed by atoms with Crippen LogP contribution in [0.4, 0.5) is 4.79 Å². The number of fused-ring (bicyclic) bond motifs is 6. The molecule has 28 nitrogen and oxygen atoms in total. The number of aromatic nitrogens is 1. The number of nitrogens with one attached hydrogen (secondary N) is 10. The Bertz CT molecular complexity index is 4400. The van der Waals surface area contributed by atoms with Crippen LogP contribution in [-0.2, 0) is 67.8 Å². The molecule has 22 unspecified atom stereocenters. The van der Waals surface area contributed by atoms with E-state index in [1.165, 1.54) is 69.3 Å². The van der Waals surface area contributed by atoms with Crippen molar-refractivity contribution in [3.8, 4) is 0 Å². The van der Waals surface area contributed by atoms with E-state index >= 15 is 24.0 Å². The molecule has 5 aliphatic carbocycles. The maximum absolute atomic E-state index is 15.6. The zero-order valence-corrected chi connectivity index (χ0v) is 74.8. The van der Waals surface area contributed by atoms with E-state index in [4.69, 9.17) is 4.74 Å². The molecule has 6 fully saturated rings. The SMILES string of the molecule is CC(C)CCCC(C)C1CCC2C3CC=C4CC(OC(=O)NCCCCC5NC(=O)C(CC6=CNC7C=CC=CC67)NC(=O)C(Cc6ccccc6)NC(=O)C(NC(=O)C(Cc6ccccc6)NC(=O)C6CCCN6C(=O)C6CCCN6C(=O)c6ccc[n+](C)c6)CSSCC(C(=O)NC(CO)C(C)O)NC(=O)C(C(C)O)NC5=O)CCC4(C)C3CCC12C. The van der Waals surface area contributed by atoms with Crippen molar-refractivity contribution < 1.29 is 77.4 Å². The largest absolute Gasteiger partial charge is 0.446 e. The van der Waals surface area contributed by atoms with Gasteiger partial charge in [0.15, 0.2) is 12.4 Å². The first-order valence-corrected chi connectivity index (χ1v) is 47.7. The van der Waals surface area contributed by atoms with Crippen LogP contribution in [0.3, 0.4) is 0 Å². The summed E-state index contributed by atoms with van der Waals surface area (Å²) in [4.78, 5) is 167. The molecule has 11 amide bonds. The van der Waals surface area contributed by atoms with Crippen LogP contribution in [0, 0.1) is 52.3 Å². The van der Waals surface area contributed by atoms with Gasteiger partial charge in [0.2, 0.25) is 53.2 Å². The first-order valence-electron chi connectivity index (χ1n) is 45.2. The Balaban J connectivity index is 0.780. The minimum atomic E-state index is -1.79. The summed E-state index contributed by atoms with van der Waals surface area (Å²) in [6.45, 7) is 14.8. The number of aryl methyl sites for hydroxylation is 1. The molecule has 5 heterocycles. The van der Waals surface area contributed by atoms with Crippen LogP contribution in [0.5, 0.6) is 0 Å². The summed E-state index contributed by atoms with van der Waals surface area (Å²) in [5.74, 6) is -4.36. The fraction of sp³-hybridized carbons (Fsp3) is 0.617. The molecule has 2 aromatic carbocycles. The molecule has 3 saturated heterocycles. The predicted molar refractivity (Wildman–Crippen MR) is 474 cm³/mol. The maximum atomic E-state index is 15.6. The van der Waals surface area contributed by atoms with E-state index in [9.17, 15) is 44.1 Å². The third kappa shape index (κ3) is 23.4. The lowest BCUT2D eigenvalue weighted by Gasteiger charge is -2.58. The Kier molecular flexibility index (Phi) is 32.9. The highest BCUT2D eigenvalue weighted by atomic mass is 33.1. The van der Waals surface area contributed by atoms with Gasteiger partial charge in [-0.15, -0.1) is 0 Å². The molecule has 0 bridgehead atoms. The first-order chi connectivity index (χ1) is 59.5. The molecular weight excluding hydrogens is 1620 g/mol. The molecular formula is C94H132N13O15S2+. The number of allylic oxidation sites excluding steroid dienone is 3. The van der Waals surface area contributed by atoms with Gasteiger partial charge in [0.25, 0.3) is 5.91 Å². The van der Waals surface area contributed by atoms with Crippen LogP contribution >= 0.6 is 21.6 Å². The van der Waals surface area contributed by atoms with Crippen molar-refractivity contribution in [3.05, 3.63) is 150 Å². The Morgan fingerprint density at radius 3 is 2.08 bits per heavy atom. The molecule has 12 rings (SSSR count). The number of alkyl carbamates (subject to hydrolysis) is 1. The maximum Gasteiger partial charge on any atom is 0.407 e. The summed E-state index contributed by atoms with van der Waals surface area (Å²) in [5.41, 5.74) is 4.12. The Hall–Kier alpha value is -9.10. The van der Waals surface area contributed by atoms with Gasteiger partial charge in [0, 0.05) is 62.4 Å². The standard InChI is InChI=1S/C94H131N13O15S2/c1-56(2)23-19-24-57(3)68-37-38-69-67-36-35-64-50-65(39-41-93(64,6)70(67)40-42-94(68,69)7)122-92(121)95-43-18-17-32-72-82(111)104-81(59(5)110)89(118)103-78(87(116)101-76(53-108)58(4)109)55-124-123-54-77(86(115)98-73(47-60-25-11-9-12-26-60)83(112)99-75(85(114)97-72)49-63-51-96-71-31-16-15-30-66(63)71)102-84(113)74(48-61-27-13-10-14-28-61)100-88(117)79-33-21-45-106(79)91(120)80-34-22-46-107(80)90(119)62-29-20-44-105(8)52-62/h9-16,20,25-31,35,44,51-52,56-59,65-81,96,108-110H,17-19,21-24,32-34,36-43,45-50,53-55H2,1-8H3,(H8-,95,97,98,99,100,101,102,103,104,111,112,113,114,115,116,117,118,121)/p+1. The van der Waals surface area contributed by atoms with Crippen molar-refractivity contribution in [1.82, 2.24) is 63.0 Å². The Labute approximate surface area is 737 Å². The number of benzene rings is 2. The first kappa shape index (κ1) is 94.0. The number of aliphatic hydroxyl groups is 3. The van der Waals surface area contributed by atoms with Gasteiger partial charge in [0.1, 0.15) is 73.1 Å². The van der Waals surface area contributed by atoms with Gasteiger partial charge in [-0.25, -0.2) is 9.36 Å². The molecule has 0 spiro atoms. The van der Waals surface area contributed by atoms with Crippen molar-refractivity contribution in [2.75, 3.05) is 37.7 Å². The normalized spacial score (nSPS) is 30.4. The second-order valence-electron chi connectivity index (χ2n) is 37.1. The summed E-state index contributed by atoms with van der Waals surface area (Å²) in [7, 11) is 3.73. The van der Waals surface area contributed by atoms with E-state index in [0.717, 1.165) is 58.6 Å². The van der Waals surface area contributed by atoms with Crippen LogP contribution in [0.2, 0.25) is 0 Å². The number of nitrogens with zero attached hydrogens (tertiary/aromatic N) is 3. The van der Waals surface area contributed by atoms with Gasteiger partial charge in [-0.05, 0) is 185 Å². The topological polar surface area (TPSA) is 388 Å². The molecule has 674 valence electrons. The summed E-state index contributed by atoms with van der Waals surface area (Å²) >= 11 is 0. The van der Waals surface area contributed by atoms with Gasteiger partial charge in [-0.3, -0.25) is 47.9 Å². The monoisotopic (exact) mass is 1750 g/mol. The second-order valence-corrected chi connectivity index (χ2v) is 39.6. The van der Waals surface area contributed by atoms with Gasteiger partial charge in [-0.1, -0.05) is 172 Å². The Morgan fingerprint density at radius 1 is 0.677 bits per heavy atom. The summed E-state index contributed by atoms with van der Waals surface area (Å²) in [6, 6.07) is 6.99. The number of carbonyl (C=O) groups is 11. The van der Waals surface area contributed by atoms with E-state index in [1.807, 2.05) is 24.3 Å². The molecule has 3 saturated carbocycles. The van der Waals surface area contributed by atoms with Crippen molar-refractivity contribution in [2.24, 2.45) is 59.3 Å². The lowest BCUT2D eigenvalue weighted by atomic mass is 9.47. The molecule has 9 aliphatic rings. The molecule has 0 radical (unpaired) electrons.